The fraction of sp³-hybridized carbons (Fsp3) is 0.190. The van der Waals surface area contributed by atoms with Crippen LogP contribution in [0.5, 0.6) is 0 Å². The van der Waals surface area contributed by atoms with E-state index in [4.69, 9.17) is 0 Å². The second-order valence-corrected chi connectivity index (χ2v) is 9.62. The number of thiophene rings is 1. The van der Waals surface area contributed by atoms with Gasteiger partial charge in [0.05, 0.1) is 4.90 Å². The molecule has 28 heavy (non-hydrogen) atoms. The number of hydrogen-bond acceptors (Lipinski definition) is 4. The third-order valence-electron chi connectivity index (χ3n) is 4.42. The summed E-state index contributed by atoms with van der Waals surface area (Å²) in [5.74, 6) is -1.04. The zero-order valence-corrected chi connectivity index (χ0v) is 17.1. The van der Waals surface area contributed by atoms with E-state index in [-0.39, 0.29) is 17.0 Å². The maximum absolute atomic E-state index is 13.4. The molecule has 4 nitrogen and oxygen atoms in total. The van der Waals surface area contributed by atoms with Crippen LogP contribution in [0.15, 0.2) is 64.9 Å². The Bertz CT molecular complexity index is 1090. The summed E-state index contributed by atoms with van der Waals surface area (Å²) < 4.78 is 40.2. The first kappa shape index (κ1) is 20.2. The van der Waals surface area contributed by atoms with E-state index >= 15 is 0 Å². The molecule has 0 fully saturated rings. The number of sulfone groups is 1. The number of rotatable bonds is 6. The molecule has 0 aliphatic heterocycles. The van der Waals surface area contributed by atoms with Crippen molar-refractivity contribution in [2.75, 3.05) is 6.54 Å². The van der Waals surface area contributed by atoms with Crippen molar-refractivity contribution in [3.63, 3.8) is 0 Å². The minimum Gasteiger partial charge on any atom is -0.350 e. The molecule has 7 heteroatoms. The normalized spacial score (nSPS) is 12.5. The van der Waals surface area contributed by atoms with Crippen LogP contribution in [0.4, 0.5) is 4.39 Å². The summed E-state index contributed by atoms with van der Waals surface area (Å²) in [5, 5.41) is 3.52. The monoisotopic (exact) mass is 417 g/mol. The smallest absolute Gasteiger partial charge is 0.251 e. The van der Waals surface area contributed by atoms with Gasteiger partial charge in [-0.3, -0.25) is 4.79 Å². The molecule has 0 aliphatic rings. The van der Waals surface area contributed by atoms with Gasteiger partial charge in [-0.25, -0.2) is 12.8 Å². The van der Waals surface area contributed by atoms with E-state index in [0.717, 1.165) is 11.6 Å². The fourth-order valence-electron chi connectivity index (χ4n) is 2.92. The molecule has 0 radical (unpaired) electrons. The Morgan fingerprint density at radius 3 is 2.57 bits per heavy atom. The number of hydrogen-bond donors (Lipinski definition) is 1. The van der Waals surface area contributed by atoms with Crippen molar-refractivity contribution in [2.24, 2.45) is 0 Å². The molecule has 1 atom stereocenters. The van der Waals surface area contributed by atoms with E-state index in [1.165, 1.54) is 29.5 Å². The molecule has 1 N–H and O–H groups in total. The predicted molar refractivity (Wildman–Crippen MR) is 109 cm³/mol. The Morgan fingerprint density at radius 1 is 1.11 bits per heavy atom. The third kappa shape index (κ3) is 4.31. The topological polar surface area (TPSA) is 63.2 Å². The van der Waals surface area contributed by atoms with Crippen LogP contribution >= 0.6 is 11.3 Å². The van der Waals surface area contributed by atoms with Crippen LogP contribution in [0.2, 0.25) is 0 Å². The zero-order chi connectivity index (χ0) is 20.3. The average molecular weight is 418 g/mol. The Labute approximate surface area is 168 Å². The molecular weight excluding hydrogens is 397 g/mol. The van der Waals surface area contributed by atoms with Crippen molar-refractivity contribution in [2.45, 2.75) is 24.0 Å². The first-order chi connectivity index (χ1) is 13.3. The summed E-state index contributed by atoms with van der Waals surface area (Å²) in [6, 6.07) is 14.1. The molecule has 0 bridgehead atoms. The van der Waals surface area contributed by atoms with Gasteiger partial charge in [0.1, 0.15) is 11.1 Å². The van der Waals surface area contributed by atoms with Gasteiger partial charge in [0.2, 0.25) is 0 Å². The van der Waals surface area contributed by atoms with E-state index in [1.807, 2.05) is 13.0 Å². The summed E-state index contributed by atoms with van der Waals surface area (Å²) >= 11 is 1.32. The third-order valence-corrected chi connectivity index (χ3v) is 7.78. The number of halogens is 1. The minimum absolute atomic E-state index is 0.106. The van der Waals surface area contributed by atoms with Crippen LogP contribution in [-0.2, 0) is 9.84 Å². The van der Waals surface area contributed by atoms with E-state index in [1.54, 1.807) is 36.6 Å². The molecule has 0 saturated carbocycles. The molecule has 2 aromatic carbocycles. The van der Waals surface area contributed by atoms with E-state index in [0.29, 0.717) is 10.4 Å². The highest BCUT2D eigenvalue weighted by molar-refractivity contribution is 7.92. The maximum atomic E-state index is 13.4. The SMILES string of the molecule is Cc1ccc(C)c(S(=O)(=O)[C@H](CNC(=O)c2cccc(F)c2)c2cccs2)c1. The lowest BCUT2D eigenvalue weighted by Crippen LogP contribution is -2.31. The number of carbonyl (C=O) groups excluding carboxylic acids is 1. The first-order valence-electron chi connectivity index (χ1n) is 8.67. The van der Waals surface area contributed by atoms with Gasteiger partial charge in [-0.15, -0.1) is 11.3 Å². The lowest BCUT2D eigenvalue weighted by atomic mass is 10.2. The molecule has 146 valence electrons. The van der Waals surface area contributed by atoms with Crippen LogP contribution in [0, 0.1) is 19.7 Å². The number of nitrogens with one attached hydrogen (secondary N) is 1. The van der Waals surface area contributed by atoms with Gasteiger partial charge in [-0.05, 0) is 60.7 Å². The Balaban J connectivity index is 1.92. The summed E-state index contributed by atoms with van der Waals surface area (Å²) in [6.45, 7) is 3.49. The largest absolute Gasteiger partial charge is 0.350 e. The number of benzene rings is 2. The highest BCUT2D eigenvalue weighted by Gasteiger charge is 2.31. The molecule has 1 amide bonds. The Kier molecular flexibility index (Phi) is 5.96. The number of amides is 1. The molecule has 0 aliphatic carbocycles. The Hall–Kier alpha value is -2.51. The van der Waals surface area contributed by atoms with Gasteiger partial charge < -0.3 is 5.32 Å². The second-order valence-electron chi connectivity index (χ2n) is 6.54. The molecule has 0 spiro atoms. The van der Waals surface area contributed by atoms with Crippen LogP contribution in [-0.4, -0.2) is 20.9 Å². The molecule has 1 heterocycles. The van der Waals surface area contributed by atoms with Crippen LogP contribution in [0.1, 0.15) is 31.6 Å². The first-order valence-corrected chi connectivity index (χ1v) is 11.1. The molecule has 3 rings (SSSR count). The summed E-state index contributed by atoms with van der Waals surface area (Å²) in [6.07, 6.45) is 0. The summed E-state index contributed by atoms with van der Waals surface area (Å²) in [5.41, 5.74) is 1.65. The number of aryl methyl sites for hydroxylation is 2. The van der Waals surface area contributed by atoms with Gasteiger partial charge in [0.15, 0.2) is 9.84 Å². The molecule has 1 aromatic heterocycles. The summed E-state index contributed by atoms with van der Waals surface area (Å²) in [7, 11) is -3.74. The quantitative estimate of drug-likeness (QED) is 0.645. The van der Waals surface area contributed by atoms with E-state index in [2.05, 4.69) is 5.32 Å². The van der Waals surface area contributed by atoms with Crippen molar-refractivity contribution in [3.8, 4) is 0 Å². The van der Waals surface area contributed by atoms with Crippen molar-refractivity contribution >= 4 is 27.1 Å². The average Bonchev–Trinajstić information content (AvgIpc) is 3.17. The summed E-state index contributed by atoms with van der Waals surface area (Å²) in [4.78, 5) is 13.3. The van der Waals surface area contributed by atoms with Gasteiger partial charge in [0, 0.05) is 17.0 Å². The van der Waals surface area contributed by atoms with Crippen LogP contribution < -0.4 is 5.32 Å². The van der Waals surface area contributed by atoms with Gasteiger partial charge in [-0.1, -0.05) is 24.3 Å². The van der Waals surface area contributed by atoms with E-state index in [9.17, 15) is 17.6 Å². The molecule has 0 saturated heterocycles. The minimum atomic E-state index is -3.74. The molecule has 0 unspecified atom stereocenters. The highest BCUT2D eigenvalue weighted by Crippen LogP contribution is 2.33. The molecular formula is C21H20FNO3S2. The zero-order valence-electron chi connectivity index (χ0n) is 15.5. The second kappa shape index (κ2) is 8.24. The lowest BCUT2D eigenvalue weighted by Gasteiger charge is -2.19. The van der Waals surface area contributed by atoms with E-state index < -0.39 is 26.8 Å². The molecule has 3 aromatic rings. The fourth-order valence-corrected chi connectivity index (χ4v) is 6.04. The van der Waals surface area contributed by atoms with Gasteiger partial charge >= 0.3 is 0 Å². The van der Waals surface area contributed by atoms with Crippen molar-refractivity contribution < 1.29 is 17.6 Å². The number of carbonyl (C=O) groups is 1. The predicted octanol–water partition coefficient (Wildman–Crippen LogP) is 4.45. The van der Waals surface area contributed by atoms with Crippen molar-refractivity contribution in [1.82, 2.24) is 5.32 Å². The van der Waals surface area contributed by atoms with Crippen molar-refractivity contribution in [1.29, 1.82) is 0 Å². The highest BCUT2D eigenvalue weighted by atomic mass is 32.2. The standard InChI is InChI=1S/C21H20FNO3S2/c1-14-8-9-15(2)19(11-14)28(25,26)20(18-7-4-10-27-18)13-23-21(24)16-5-3-6-17(22)12-16/h3-12,20H,13H2,1-2H3,(H,23,24)/t20-/m1/s1. The van der Waals surface area contributed by atoms with Crippen LogP contribution in [0.3, 0.4) is 0 Å². The lowest BCUT2D eigenvalue weighted by molar-refractivity contribution is 0.0953. The Morgan fingerprint density at radius 2 is 1.89 bits per heavy atom. The van der Waals surface area contributed by atoms with Gasteiger partial charge in [0.25, 0.3) is 5.91 Å². The maximum Gasteiger partial charge on any atom is 0.251 e. The van der Waals surface area contributed by atoms with Gasteiger partial charge in [-0.2, -0.15) is 0 Å². The van der Waals surface area contributed by atoms with Crippen molar-refractivity contribution in [3.05, 3.63) is 87.4 Å². The van der Waals surface area contributed by atoms with Crippen LogP contribution in [0.25, 0.3) is 0 Å².